The van der Waals surface area contributed by atoms with Gasteiger partial charge in [-0.1, -0.05) is 0 Å². The molecule has 2 N–H and O–H groups in total. The molecule has 0 bridgehead atoms. The van der Waals surface area contributed by atoms with Crippen LogP contribution in [0.15, 0.2) is 23.4 Å². The van der Waals surface area contributed by atoms with Crippen LogP contribution < -0.4 is 4.31 Å². The molecule has 0 atom stereocenters. The molecule has 0 spiro atoms. The van der Waals surface area contributed by atoms with Crippen molar-refractivity contribution in [1.29, 1.82) is 0 Å². The fourth-order valence-electron chi connectivity index (χ4n) is 1.56. The number of H-pyrrole nitrogens is 1. The normalized spacial score (nSPS) is 11.5. The number of aromatic amines is 1. The summed E-state index contributed by atoms with van der Waals surface area (Å²) in [4.78, 5) is 13.9. The Bertz CT molecular complexity index is 703. The van der Waals surface area contributed by atoms with E-state index in [0.29, 0.717) is 5.69 Å². The second kappa shape index (κ2) is 4.67. The molecular weight excluding hydrogens is 290 g/mol. The SMILES string of the molecule is Cc1nsc(N(C)S(=O)(=O)c2cc[nH]c2)c1C(=O)O. The van der Waals surface area contributed by atoms with Crippen LogP contribution in [0.4, 0.5) is 5.00 Å². The molecular formula is C10H11N3O4S2. The highest BCUT2D eigenvalue weighted by atomic mass is 32.2. The van der Waals surface area contributed by atoms with Crippen molar-refractivity contribution < 1.29 is 18.3 Å². The number of anilines is 1. The minimum atomic E-state index is -3.78. The van der Waals surface area contributed by atoms with Crippen molar-refractivity contribution in [2.45, 2.75) is 11.8 Å². The molecule has 9 heteroatoms. The van der Waals surface area contributed by atoms with Gasteiger partial charge in [0.25, 0.3) is 10.0 Å². The van der Waals surface area contributed by atoms with Gasteiger partial charge in [-0.25, -0.2) is 13.2 Å². The number of nitrogens with one attached hydrogen (secondary N) is 1. The van der Waals surface area contributed by atoms with E-state index in [1.165, 1.54) is 32.4 Å². The topological polar surface area (TPSA) is 103 Å². The first-order chi connectivity index (χ1) is 8.85. The summed E-state index contributed by atoms with van der Waals surface area (Å²) in [5, 5.41) is 9.21. The Morgan fingerprint density at radius 3 is 2.74 bits per heavy atom. The number of aromatic nitrogens is 2. The maximum Gasteiger partial charge on any atom is 0.340 e. The number of hydrogen-bond donors (Lipinski definition) is 2. The fourth-order valence-corrected chi connectivity index (χ4v) is 3.79. The van der Waals surface area contributed by atoms with Crippen molar-refractivity contribution in [1.82, 2.24) is 9.36 Å². The van der Waals surface area contributed by atoms with E-state index in [9.17, 15) is 13.2 Å². The minimum absolute atomic E-state index is 0.0670. The van der Waals surface area contributed by atoms with Gasteiger partial charge in [0.05, 0.1) is 5.69 Å². The second-order valence-corrected chi connectivity index (χ2v) is 6.49. The maximum atomic E-state index is 12.3. The molecule has 2 rings (SSSR count). The first-order valence-corrected chi connectivity index (χ1v) is 7.38. The van der Waals surface area contributed by atoms with Crippen LogP contribution in [0.5, 0.6) is 0 Å². The van der Waals surface area contributed by atoms with E-state index in [4.69, 9.17) is 5.11 Å². The van der Waals surface area contributed by atoms with E-state index in [0.717, 1.165) is 15.8 Å². The van der Waals surface area contributed by atoms with Crippen LogP contribution in [0.3, 0.4) is 0 Å². The number of carboxylic acids is 1. The summed E-state index contributed by atoms with van der Waals surface area (Å²) in [6.07, 6.45) is 2.82. The largest absolute Gasteiger partial charge is 0.478 e. The van der Waals surface area contributed by atoms with Crippen LogP contribution in [0.25, 0.3) is 0 Å². The third-order valence-corrected chi connectivity index (χ3v) is 5.46. The highest BCUT2D eigenvalue weighted by Gasteiger charge is 2.28. The lowest BCUT2D eigenvalue weighted by Gasteiger charge is -2.16. The third kappa shape index (κ3) is 2.22. The summed E-state index contributed by atoms with van der Waals surface area (Å²) >= 11 is 0.842. The van der Waals surface area contributed by atoms with Gasteiger partial charge in [0.2, 0.25) is 0 Å². The van der Waals surface area contributed by atoms with Crippen LogP contribution in [-0.4, -0.2) is 35.9 Å². The maximum absolute atomic E-state index is 12.3. The van der Waals surface area contributed by atoms with E-state index >= 15 is 0 Å². The average Bonchev–Trinajstić information content (AvgIpc) is 2.96. The molecule has 2 aromatic heterocycles. The lowest BCUT2D eigenvalue weighted by atomic mass is 10.2. The van der Waals surface area contributed by atoms with Crippen molar-refractivity contribution in [3.63, 3.8) is 0 Å². The number of nitrogens with zero attached hydrogens (tertiary/aromatic N) is 2. The van der Waals surface area contributed by atoms with Crippen LogP contribution >= 0.6 is 11.5 Å². The smallest absolute Gasteiger partial charge is 0.340 e. The van der Waals surface area contributed by atoms with Gasteiger partial charge >= 0.3 is 5.97 Å². The summed E-state index contributed by atoms with van der Waals surface area (Å²) in [7, 11) is -2.47. The lowest BCUT2D eigenvalue weighted by Crippen LogP contribution is -2.26. The molecule has 102 valence electrons. The Labute approximate surface area is 113 Å². The van der Waals surface area contributed by atoms with E-state index in [1.54, 1.807) is 0 Å². The second-order valence-electron chi connectivity index (χ2n) is 3.77. The number of rotatable bonds is 4. The number of aromatic carboxylic acids is 1. The molecule has 0 radical (unpaired) electrons. The van der Waals surface area contributed by atoms with Crippen molar-refractivity contribution in [2.75, 3.05) is 11.4 Å². The van der Waals surface area contributed by atoms with Gasteiger partial charge in [-0.2, -0.15) is 4.37 Å². The van der Waals surface area contributed by atoms with Crippen molar-refractivity contribution >= 4 is 32.5 Å². The summed E-state index contributed by atoms with van der Waals surface area (Å²) in [6, 6.07) is 1.40. The molecule has 19 heavy (non-hydrogen) atoms. The first-order valence-electron chi connectivity index (χ1n) is 5.17. The fraction of sp³-hybridized carbons (Fsp3) is 0.200. The van der Waals surface area contributed by atoms with E-state index in [-0.39, 0.29) is 15.5 Å². The zero-order valence-corrected chi connectivity index (χ0v) is 11.7. The molecule has 0 amide bonds. The predicted molar refractivity (Wildman–Crippen MR) is 70.2 cm³/mol. The highest BCUT2D eigenvalue weighted by Crippen LogP contribution is 2.31. The van der Waals surface area contributed by atoms with E-state index in [1.807, 2.05) is 0 Å². The number of hydrogen-bond acceptors (Lipinski definition) is 5. The number of aryl methyl sites for hydroxylation is 1. The van der Waals surface area contributed by atoms with Crippen LogP contribution in [0.2, 0.25) is 0 Å². The van der Waals surface area contributed by atoms with Gasteiger partial charge in [0, 0.05) is 19.4 Å². The number of carbonyl (C=O) groups is 1. The van der Waals surface area contributed by atoms with Gasteiger partial charge in [0.15, 0.2) is 0 Å². The Hall–Kier alpha value is -1.87. The van der Waals surface area contributed by atoms with E-state index < -0.39 is 16.0 Å². The minimum Gasteiger partial charge on any atom is -0.478 e. The Morgan fingerprint density at radius 2 is 2.21 bits per heavy atom. The first kappa shape index (κ1) is 13.6. The molecule has 0 fully saturated rings. The quantitative estimate of drug-likeness (QED) is 0.886. The number of carboxylic acid groups (broad SMARTS) is 1. The Morgan fingerprint density at radius 1 is 1.53 bits per heavy atom. The molecule has 0 aliphatic heterocycles. The molecule has 2 heterocycles. The summed E-state index contributed by atoms with van der Waals surface area (Å²) < 4.78 is 29.4. The van der Waals surface area contributed by atoms with Crippen LogP contribution in [0.1, 0.15) is 16.1 Å². The van der Waals surface area contributed by atoms with Gasteiger partial charge in [-0.05, 0) is 24.5 Å². The Balaban J connectivity index is 2.52. The van der Waals surface area contributed by atoms with Crippen molar-refractivity contribution in [3.8, 4) is 0 Å². The monoisotopic (exact) mass is 301 g/mol. The zero-order valence-electron chi connectivity index (χ0n) is 10.1. The highest BCUT2D eigenvalue weighted by molar-refractivity contribution is 7.93. The molecule has 0 unspecified atom stereocenters. The van der Waals surface area contributed by atoms with Crippen LogP contribution in [0, 0.1) is 6.92 Å². The molecule has 2 aromatic rings. The Kier molecular flexibility index (Phi) is 3.33. The summed E-state index contributed by atoms with van der Waals surface area (Å²) in [5.41, 5.74) is 0.204. The molecule has 0 saturated heterocycles. The molecule has 7 nitrogen and oxygen atoms in total. The van der Waals surface area contributed by atoms with E-state index in [2.05, 4.69) is 9.36 Å². The predicted octanol–water partition coefficient (Wildman–Crippen LogP) is 1.30. The van der Waals surface area contributed by atoms with Gasteiger partial charge < -0.3 is 10.1 Å². The van der Waals surface area contributed by atoms with Gasteiger partial charge in [0.1, 0.15) is 15.5 Å². The molecule has 0 saturated carbocycles. The standard InChI is InChI=1S/C10H11N3O4S2/c1-6-8(10(14)15)9(18-12-6)13(2)19(16,17)7-3-4-11-5-7/h3-5,11H,1-2H3,(H,14,15). The molecule has 0 aromatic carbocycles. The van der Waals surface area contributed by atoms with Crippen molar-refractivity contribution in [3.05, 3.63) is 29.7 Å². The number of sulfonamides is 1. The average molecular weight is 301 g/mol. The summed E-state index contributed by atoms with van der Waals surface area (Å²) in [6.45, 7) is 1.53. The van der Waals surface area contributed by atoms with Gasteiger partial charge in [-0.3, -0.25) is 4.31 Å². The van der Waals surface area contributed by atoms with Gasteiger partial charge in [-0.15, -0.1) is 0 Å². The van der Waals surface area contributed by atoms with Crippen molar-refractivity contribution in [2.24, 2.45) is 0 Å². The molecule has 0 aliphatic rings. The van der Waals surface area contributed by atoms with Crippen LogP contribution in [-0.2, 0) is 10.0 Å². The summed E-state index contributed by atoms with van der Waals surface area (Å²) in [5.74, 6) is -1.20. The zero-order chi connectivity index (χ0) is 14.2. The lowest BCUT2D eigenvalue weighted by molar-refractivity contribution is 0.0697. The molecule has 0 aliphatic carbocycles. The third-order valence-electron chi connectivity index (χ3n) is 2.57.